The van der Waals surface area contributed by atoms with E-state index in [1.54, 1.807) is 7.05 Å². The number of hydrogen-bond acceptors (Lipinski definition) is 8. The van der Waals surface area contributed by atoms with Crippen LogP contribution in [0.3, 0.4) is 0 Å². The fraction of sp³-hybridized carbons (Fsp3) is 0.727. The van der Waals surface area contributed by atoms with Gasteiger partial charge in [0.25, 0.3) is 0 Å². The normalized spacial score (nSPS) is 13.9. The molecule has 2 N–H and O–H groups in total. The summed E-state index contributed by atoms with van der Waals surface area (Å²) >= 11 is 0. The Balaban J connectivity index is 4.34. The van der Waals surface area contributed by atoms with E-state index in [0.717, 1.165) is 51.4 Å². The smallest absolute Gasteiger partial charge is 0.462 e. The summed E-state index contributed by atoms with van der Waals surface area (Å²) in [5.41, 5.74) is 0. The summed E-state index contributed by atoms with van der Waals surface area (Å²) in [6, 6.07) is 0. The number of rotatable bonds is 39. The molecule has 0 fully saturated rings. The van der Waals surface area contributed by atoms with Gasteiger partial charge in [-0.15, -0.1) is 0 Å². The first-order valence-electron chi connectivity index (χ1n) is 21.2. The van der Waals surface area contributed by atoms with Crippen LogP contribution in [0.1, 0.15) is 168 Å². The lowest BCUT2D eigenvalue weighted by atomic mass is 10.0. The van der Waals surface area contributed by atoms with Crippen molar-refractivity contribution in [1.29, 1.82) is 0 Å². The third kappa shape index (κ3) is 39.4. The van der Waals surface area contributed by atoms with Crippen LogP contribution >= 0.6 is 7.82 Å². The molecule has 9 nitrogen and oxygen atoms in total. The predicted octanol–water partition coefficient (Wildman–Crippen LogP) is 12.0. The highest BCUT2D eigenvalue weighted by Crippen LogP contribution is 2.43. The molecule has 0 bridgehead atoms. The van der Waals surface area contributed by atoms with Crippen molar-refractivity contribution in [2.45, 2.75) is 174 Å². The first-order valence-corrected chi connectivity index (χ1v) is 22.7. The number of phosphoric acid groups is 1. The number of phosphoric ester groups is 1. The van der Waals surface area contributed by atoms with Gasteiger partial charge >= 0.3 is 19.8 Å². The summed E-state index contributed by atoms with van der Waals surface area (Å²) in [6.07, 6.45) is 45.6. The number of unbranched alkanes of at least 4 members (excludes halogenated alkanes) is 15. The number of hydrogen-bond donors (Lipinski definition) is 2. The Hall–Kier alpha value is -2.29. The molecule has 0 rings (SSSR count). The number of carbonyl (C=O) groups excluding carboxylic acids is 2. The minimum atomic E-state index is -4.36. The van der Waals surface area contributed by atoms with Crippen molar-refractivity contribution >= 4 is 19.8 Å². The van der Waals surface area contributed by atoms with Crippen LogP contribution < -0.4 is 5.32 Å². The average molecular weight is 780 g/mol. The molecule has 0 aliphatic carbocycles. The second kappa shape index (κ2) is 40.4. The van der Waals surface area contributed by atoms with Crippen LogP contribution in [-0.4, -0.2) is 56.3 Å². The molecule has 0 heterocycles. The highest BCUT2D eigenvalue weighted by Gasteiger charge is 2.26. The van der Waals surface area contributed by atoms with Crippen molar-refractivity contribution < 1.29 is 37.6 Å². The summed E-state index contributed by atoms with van der Waals surface area (Å²) in [5.74, 6) is -0.875. The van der Waals surface area contributed by atoms with Gasteiger partial charge in [0.2, 0.25) is 0 Å². The maximum atomic E-state index is 12.6. The standard InChI is InChI=1S/C44H78NO8P/c1-4-6-8-10-12-14-16-18-20-21-23-25-27-29-31-33-35-37-44(47)53-42(41-52-54(48,49)51-39-38-45-3)40-50-43(46)36-34-32-30-28-26-24-22-19-17-15-13-11-9-7-5-2/h6,8,12,14,18,20,23,25,29,31,42,45H,4-5,7,9-11,13,15-17,19,21-22,24,26-28,30,32-41H2,1-3H3,(H,48,49)/b8-6-,14-12-,20-18-,25-23-,31-29-. The number of ether oxygens (including phenoxy) is 2. The SMILES string of the molecule is CC/C=C\C/C=C\C/C=C\C/C=C\C/C=C\CCCC(=O)OC(COC(=O)CCCCCCCCCCCCCCCCC)COP(=O)(O)OCCNC. The van der Waals surface area contributed by atoms with Crippen LogP contribution in [-0.2, 0) is 32.7 Å². The van der Waals surface area contributed by atoms with Crippen molar-refractivity contribution in [3.8, 4) is 0 Å². The van der Waals surface area contributed by atoms with E-state index in [2.05, 4.69) is 73.8 Å². The van der Waals surface area contributed by atoms with Crippen molar-refractivity contribution in [2.24, 2.45) is 0 Å². The molecule has 0 amide bonds. The number of allylic oxidation sites excluding steroid dienone is 10. The maximum Gasteiger partial charge on any atom is 0.472 e. The molecule has 2 atom stereocenters. The zero-order valence-corrected chi connectivity index (χ0v) is 35.3. The van der Waals surface area contributed by atoms with E-state index in [4.69, 9.17) is 18.5 Å². The topological polar surface area (TPSA) is 120 Å². The average Bonchev–Trinajstić information content (AvgIpc) is 3.15. The number of nitrogens with one attached hydrogen (secondary N) is 1. The molecule has 0 aromatic rings. The van der Waals surface area contributed by atoms with Gasteiger partial charge in [-0.2, -0.15) is 0 Å². The van der Waals surface area contributed by atoms with Crippen molar-refractivity contribution in [1.82, 2.24) is 5.32 Å². The first-order chi connectivity index (χ1) is 26.3. The highest BCUT2D eigenvalue weighted by molar-refractivity contribution is 7.47. The van der Waals surface area contributed by atoms with Crippen LogP contribution in [0.5, 0.6) is 0 Å². The Labute approximate surface area is 330 Å². The van der Waals surface area contributed by atoms with Crippen molar-refractivity contribution in [3.05, 3.63) is 60.8 Å². The number of carbonyl (C=O) groups is 2. The summed E-state index contributed by atoms with van der Waals surface area (Å²) in [5, 5.41) is 2.81. The van der Waals surface area contributed by atoms with Crippen molar-refractivity contribution in [2.75, 3.05) is 33.4 Å². The first kappa shape index (κ1) is 51.7. The Morgan fingerprint density at radius 3 is 1.56 bits per heavy atom. The van der Waals surface area contributed by atoms with Gasteiger partial charge in [-0.3, -0.25) is 18.6 Å². The van der Waals surface area contributed by atoms with Crippen LogP contribution in [0.2, 0.25) is 0 Å². The van der Waals surface area contributed by atoms with E-state index >= 15 is 0 Å². The molecule has 0 aromatic heterocycles. The Kier molecular flexibility index (Phi) is 38.7. The van der Waals surface area contributed by atoms with Crippen LogP contribution in [0.15, 0.2) is 60.8 Å². The molecular formula is C44H78NO8P. The zero-order valence-electron chi connectivity index (χ0n) is 34.4. The second-order valence-corrected chi connectivity index (χ2v) is 15.2. The lowest BCUT2D eigenvalue weighted by Gasteiger charge is -2.20. The second-order valence-electron chi connectivity index (χ2n) is 13.8. The highest BCUT2D eigenvalue weighted by atomic mass is 31.2. The van der Waals surface area contributed by atoms with Crippen LogP contribution in [0.4, 0.5) is 0 Å². The summed E-state index contributed by atoms with van der Waals surface area (Å²) in [4.78, 5) is 35.0. The molecule has 0 aliphatic rings. The van der Waals surface area contributed by atoms with Gasteiger partial charge in [0.05, 0.1) is 13.2 Å². The molecule has 2 unspecified atom stereocenters. The van der Waals surface area contributed by atoms with Crippen LogP contribution in [0, 0.1) is 0 Å². The molecule has 10 heteroatoms. The maximum absolute atomic E-state index is 12.6. The van der Waals surface area contributed by atoms with E-state index in [1.807, 2.05) is 6.08 Å². The molecule has 0 aliphatic heterocycles. The Morgan fingerprint density at radius 2 is 1.06 bits per heavy atom. The summed E-state index contributed by atoms with van der Waals surface area (Å²) < 4.78 is 33.1. The third-order valence-electron chi connectivity index (χ3n) is 8.65. The van der Waals surface area contributed by atoms with Gasteiger partial charge in [-0.05, 0) is 58.4 Å². The Bertz CT molecular complexity index is 1070. The molecule has 54 heavy (non-hydrogen) atoms. The monoisotopic (exact) mass is 780 g/mol. The fourth-order valence-electron chi connectivity index (χ4n) is 5.47. The summed E-state index contributed by atoms with van der Waals surface area (Å²) in [6.45, 7) is 4.04. The Morgan fingerprint density at radius 1 is 0.593 bits per heavy atom. The van der Waals surface area contributed by atoms with E-state index in [0.29, 0.717) is 19.4 Å². The minimum absolute atomic E-state index is 0.0290. The predicted molar refractivity (Wildman–Crippen MR) is 224 cm³/mol. The lowest BCUT2D eigenvalue weighted by molar-refractivity contribution is -0.161. The quantitative estimate of drug-likeness (QED) is 0.0272. The fourth-order valence-corrected chi connectivity index (χ4v) is 6.22. The van der Waals surface area contributed by atoms with E-state index in [-0.39, 0.29) is 32.0 Å². The van der Waals surface area contributed by atoms with E-state index < -0.39 is 26.5 Å². The van der Waals surface area contributed by atoms with Gasteiger partial charge in [0, 0.05) is 19.4 Å². The van der Waals surface area contributed by atoms with Gasteiger partial charge in [0.1, 0.15) is 6.61 Å². The molecule has 0 aromatic carbocycles. The van der Waals surface area contributed by atoms with Gasteiger partial charge in [0.15, 0.2) is 6.10 Å². The number of likely N-dealkylation sites (N-methyl/N-ethyl adjacent to an activating group) is 1. The molecule has 0 spiro atoms. The molecular weight excluding hydrogens is 701 g/mol. The zero-order chi connectivity index (χ0) is 39.6. The van der Waals surface area contributed by atoms with Crippen molar-refractivity contribution in [3.63, 3.8) is 0 Å². The third-order valence-corrected chi connectivity index (χ3v) is 9.64. The summed E-state index contributed by atoms with van der Waals surface area (Å²) in [7, 11) is -2.67. The molecule has 0 saturated heterocycles. The molecule has 0 radical (unpaired) electrons. The number of esters is 2. The minimum Gasteiger partial charge on any atom is -0.462 e. The largest absolute Gasteiger partial charge is 0.472 e. The van der Waals surface area contributed by atoms with Crippen LogP contribution in [0.25, 0.3) is 0 Å². The molecule has 0 saturated carbocycles. The van der Waals surface area contributed by atoms with Gasteiger partial charge < -0.3 is 19.7 Å². The lowest BCUT2D eigenvalue weighted by Crippen LogP contribution is -2.29. The van der Waals surface area contributed by atoms with E-state index in [1.165, 1.54) is 77.0 Å². The van der Waals surface area contributed by atoms with Gasteiger partial charge in [-0.1, -0.05) is 164 Å². The molecule has 312 valence electrons. The van der Waals surface area contributed by atoms with Gasteiger partial charge in [-0.25, -0.2) is 4.57 Å². The van der Waals surface area contributed by atoms with E-state index in [9.17, 15) is 19.0 Å².